The Morgan fingerprint density at radius 3 is 2.16 bits per heavy atom. The predicted octanol–water partition coefficient (Wildman–Crippen LogP) is 5.15. The Balaban J connectivity index is 1.61. The molecule has 0 spiro atoms. The Morgan fingerprint density at radius 1 is 0.864 bits per heavy atom. The lowest BCUT2D eigenvalue weighted by Crippen LogP contribution is -2.43. The molecule has 0 unspecified atom stereocenters. The Labute approximate surface area is 257 Å². The number of methoxy groups -OCH3 is 1. The molecule has 44 heavy (non-hydrogen) atoms. The number of para-hydroxylation sites is 1. The van der Waals surface area contributed by atoms with Gasteiger partial charge in [0.25, 0.3) is 0 Å². The van der Waals surface area contributed by atoms with Crippen molar-refractivity contribution in [3.63, 3.8) is 0 Å². The van der Waals surface area contributed by atoms with Crippen molar-refractivity contribution in [3.8, 4) is 5.75 Å². The minimum atomic E-state index is -3.60. The van der Waals surface area contributed by atoms with E-state index in [1.807, 2.05) is 30.3 Å². The van der Waals surface area contributed by atoms with E-state index in [2.05, 4.69) is 10.0 Å². The van der Waals surface area contributed by atoms with Crippen molar-refractivity contribution in [2.75, 3.05) is 13.7 Å². The third-order valence-electron chi connectivity index (χ3n) is 7.10. The van der Waals surface area contributed by atoms with Crippen LogP contribution in [0.4, 0.5) is 4.39 Å². The molecule has 0 aliphatic carbocycles. The van der Waals surface area contributed by atoms with Crippen LogP contribution < -0.4 is 14.8 Å². The van der Waals surface area contributed by atoms with Gasteiger partial charge < -0.3 is 15.0 Å². The summed E-state index contributed by atoms with van der Waals surface area (Å²) in [4.78, 5) is 29.5. The molecule has 0 bridgehead atoms. The first-order chi connectivity index (χ1) is 21.2. The maximum atomic E-state index is 13.9. The standard InChI is InChI=1S/C34H36FN3O5S/c1-3-37-44(41,42)30-20-15-25(16-21-30)17-22-32(39)38(24-26-13-18-29(35)19-14-26)33(27-9-5-4-6-10-27)34(40)36-23-28-11-7-8-12-31(28)43-2/h4-16,18-21,33,37H,3,17,22-24H2,1-2H3,(H,36,40)/t33-/m1/s1. The number of hydrogen-bond acceptors (Lipinski definition) is 5. The van der Waals surface area contributed by atoms with Gasteiger partial charge in [-0.2, -0.15) is 0 Å². The van der Waals surface area contributed by atoms with E-state index in [-0.39, 0.29) is 42.8 Å². The van der Waals surface area contributed by atoms with E-state index >= 15 is 0 Å². The first kappa shape index (κ1) is 32.4. The van der Waals surface area contributed by atoms with Crippen LogP contribution in [-0.4, -0.2) is 38.8 Å². The molecule has 0 saturated carbocycles. The fourth-order valence-electron chi connectivity index (χ4n) is 4.85. The Bertz CT molecular complexity index is 1650. The number of nitrogens with one attached hydrogen (secondary N) is 2. The van der Waals surface area contributed by atoms with Crippen LogP contribution in [0.5, 0.6) is 5.75 Å². The van der Waals surface area contributed by atoms with Gasteiger partial charge in [0.05, 0.1) is 12.0 Å². The normalized spacial score (nSPS) is 11.9. The maximum absolute atomic E-state index is 13.9. The van der Waals surface area contributed by atoms with Gasteiger partial charge in [0, 0.05) is 31.6 Å². The van der Waals surface area contributed by atoms with Crippen molar-refractivity contribution in [3.05, 3.63) is 131 Å². The van der Waals surface area contributed by atoms with Crippen molar-refractivity contribution in [1.82, 2.24) is 14.9 Å². The topological polar surface area (TPSA) is 105 Å². The van der Waals surface area contributed by atoms with Gasteiger partial charge in [-0.05, 0) is 53.4 Å². The number of aryl methyl sites for hydroxylation is 1. The molecule has 8 nitrogen and oxygen atoms in total. The van der Waals surface area contributed by atoms with Crippen LogP contribution in [0.15, 0.2) is 108 Å². The van der Waals surface area contributed by atoms with Crippen LogP contribution in [0.2, 0.25) is 0 Å². The van der Waals surface area contributed by atoms with Crippen LogP contribution in [0, 0.1) is 5.82 Å². The van der Waals surface area contributed by atoms with Gasteiger partial charge in [-0.15, -0.1) is 0 Å². The molecule has 4 rings (SSSR count). The lowest BCUT2D eigenvalue weighted by Gasteiger charge is -2.32. The van der Waals surface area contributed by atoms with E-state index in [1.165, 1.54) is 29.2 Å². The first-order valence-corrected chi connectivity index (χ1v) is 15.8. The Morgan fingerprint density at radius 2 is 1.50 bits per heavy atom. The molecule has 0 saturated heterocycles. The summed E-state index contributed by atoms with van der Waals surface area (Å²) in [6.45, 7) is 2.24. The van der Waals surface area contributed by atoms with Crippen molar-refractivity contribution >= 4 is 21.8 Å². The molecule has 4 aromatic carbocycles. The van der Waals surface area contributed by atoms with E-state index in [4.69, 9.17) is 4.74 Å². The monoisotopic (exact) mass is 617 g/mol. The predicted molar refractivity (Wildman–Crippen MR) is 167 cm³/mol. The Kier molecular flexibility index (Phi) is 11.2. The average Bonchev–Trinajstić information content (AvgIpc) is 3.04. The molecule has 0 fully saturated rings. The van der Waals surface area contributed by atoms with Gasteiger partial charge in [0.15, 0.2) is 0 Å². The van der Waals surface area contributed by atoms with Gasteiger partial charge >= 0.3 is 0 Å². The summed E-state index contributed by atoms with van der Waals surface area (Å²) in [6.07, 6.45) is 0.383. The molecule has 2 amide bonds. The van der Waals surface area contributed by atoms with E-state index in [0.29, 0.717) is 23.3 Å². The van der Waals surface area contributed by atoms with E-state index in [0.717, 1.165) is 11.1 Å². The highest BCUT2D eigenvalue weighted by Crippen LogP contribution is 2.26. The number of nitrogens with zero attached hydrogens (tertiary/aromatic N) is 1. The number of carbonyl (C=O) groups excluding carboxylic acids is 2. The van der Waals surface area contributed by atoms with Crippen molar-refractivity contribution in [2.45, 2.75) is 43.8 Å². The summed E-state index contributed by atoms with van der Waals surface area (Å²) in [5.41, 5.74) is 2.84. The number of halogens is 1. The first-order valence-electron chi connectivity index (χ1n) is 14.3. The van der Waals surface area contributed by atoms with Crippen LogP contribution in [0.25, 0.3) is 0 Å². The fraction of sp³-hybridized carbons (Fsp3) is 0.235. The zero-order valence-corrected chi connectivity index (χ0v) is 25.5. The molecule has 1 atom stereocenters. The van der Waals surface area contributed by atoms with Crippen molar-refractivity contribution in [2.24, 2.45) is 0 Å². The Hall–Kier alpha value is -4.54. The summed E-state index contributed by atoms with van der Waals surface area (Å²) in [6, 6.07) is 27.6. The second-order valence-corrected chi connectivity index (χ2v) is 11.9. The molecule has 0 aromatic heterocycles. The largest absolute Gasteiger partial charge is 0.496 e. The number of sulfonamides is 1. The molecule has 4 aromatic rings. The molecular weight excluding hydrogens is 581 g/mol. The van der Waals surface area contributed by atoms with Crippen molar-refractivity contribution < 1.29 is 27.1 Å². The lowest BCUT2D eigenvalue weighted by atomic mass is 10.0. The maximum Gasteiger partial charge on any atom is 0.247 e. The molecule has 230 valence electrons. The summed E-state index contributed by atoms with van der Waals surface area (Å²) in [5, 5.41) is 2.97. The highest BCUT2D eigenvalue weighted by atomic mass is 32.2. The molecular formula is C34H36FN3O5S. The van der Waals surface area contributed by atoms with Crippen molar-refractivity contribution in [1.29, 1.82) is 0 Å². The molecule has 0 heterocycles. The second kappa shape index (κ2) is 15.3. The number of amides is 2. The molecule has 0 radical (unpaired) electrons. The zero-order valence-electron chi connectivity index (χ0n) is 24.7. The van der Waals surface area contributed by atoms with Crippen LogP contribution in [-0.2, 0) is 39.1 Å². The third kappa shape index (κ3) is 8.52. The van der Waals surface area contributed by atoms with Crippen LogP contribution in [0.1, 0.15) is 41.6 Å². The number of benzene rings is 4. The van der Waals surface area contributed by atoms with Crippen LogP contribution in [0.3, 0.4) is 0 Å². The van der Waals surface area contributed by atoms with E-state index in [1.54, 1.807) is 62.6 Å². The van der Waals surface area contributed by atoms with Crippen LogP contribution >= 0.6 is 0 Å². The third-order valence-corrected chi connectivity index (χ3v) is 8.66. The van der Waals surface area contributed by atoms with Gasteiger partial charge in [-0.1, -0.05) is 79.7 Å². The number of rotatable bonds is 14. The summed E-state index contributed by atoms with van der Waals surface area (Å²) < 4.78 is 46.2. The summed E-state index contributed by atoms with van der Waals surface area (Å²) in [7, 11) is -2.03. The lowest BCUT2D eigenvalue weighted by molar-refractivity contribution is -0.141. The van der Waals surface area contributed by atoms with Gasteiger partial charge in [0.2, 0.25) is 21.8 Å². The highest BCUT2D eigenvalue weighted by Gasteiger charge is 2.31. The van der Waals surface area contributed by atoms with Gasteiger partial charge in [-0.3, -0.25) is 9.59 Å². The minimum absolute atomic E-state index is 0.0591. The molecule has 0 aliphatic rings. The smallest absolute Gasteiger partial charge is 0.247 e. The molecule has 0 aliphatic heterocycles. The zero-order chi connectivity index (χ0) is 31.5. The molecule has 2 N–H and O–H groups in total. The quantitative estimate of drug-likeness (QED) is 0.204. The molecule has 10 heteroatoms. The number of carbonyl (C=O) groups is 2. The van der Waals surface area contributed by atoms with E-state index < -0.39 is 21.9 Å². The van der Waals surface area contributed by atoms with Gasteiger partial charge in [-0.25, -0.2) is 17.5 Å². The number of hydrogen-bond donors (Lipinski definition) is 2. The second-order valence-electron chi connectivity index (χ2n) is 10.1. The highest BCUT2D eigenvalue weighted by molar-refractivity contribution is 7.89. The SMILES string of the molecule is CCNS(=O)(=O)c1ccc(CCC(=O)N(Cc2ccc(F)cc2)[C@@H](C(=O)NCc2ccccc2OC)c2ccccc2)cc1. The summed E-state index contributed by atoms with van der Waals surface area (Å²) in [5.74, 6) is -0.441. The fourth-order valence-corrected chi connectivity index (χ4v) is 5.89. The van der Waals surface area contributed by atoms with Gasteiger partial charge in [0.1, 0.15) is 17.6 Å². The number of ether oxygens (including phenoxy) is 1. The minimum Gasteiger partial charge on any atom is -0.496 e. The summed E-state index contributed by atoms with van der Waals surface area (Å²) >= 11 is 0. The van der Waals surface area contributed by atoms with E-state index in [9.17, 15) is 22.4 Å². The average molecular weight is 618 g/mol.